The normalized spacial score (nSPS) is 12.4. The molecule has 0 saturated heterocycles. The van der Waals surface area contributed by atoms with E-state index in [4.69, 9.17) is 0 Å². The third-order valence-electron chi connectivity index (χ3n) is 2.30. The number of nitrogens with zero attached hydrogens (tertiary/aromatic N) is 3. The minimum Gasteiger partial charge on any atom is -0.317 e. The molecular weight excluding hydrogens is 224 g/mol. The average Bonchev–Trinajstić information content (AvgIpc) is 2.29. The van der Waals surface area contributed by atoms with Crippen molar-refractivity contribution in [2.75, 3.05) is 13.1 Å². The monoisotopic (exact) mass is 240 g/mol. The topological polar surface area (TPSA) is 90.1 Å². The molecule has 0 aromatic carbocycles. The fourth-order valence-corrected chi connectivity index (χ4v) is 1.46. The number of aromatic nitrogens is 2. The molecule has 0 spiro atoms. The van der Waals surface area contributed by atoms with Crippen molar-refractivity contribution in [1.29, 1.82) is 0 Å². The van der Waals surface area contributed by atoms with E-state index in [1.54, 1.807) is 0 Å². The molecule has 1 atom stereocenters. The third kappa shape index (κ3) is 3.95. The Morgan fingerprint density at radius 1 is 1.65 bits per heavy atom. The molecule has 1 N–H and O–H groups in total. The summed E-state index contributed by atoms with van der Waals surface area (Å²) in [4.78, 5) is 24.9. The highest BCUT2D eigenvalue weighted by atomic mass is 16.6. The van der Waals surface area contributed by atoms with Gasteiger partial charge in [-0.2, -0.15) is 4.98 Å². The number of rotatable bonds is 6. The Morgan fingerprint density at radius 2 is 2.35 bits per heavy atom. The smallest absolute Gasteiger partial charge is 0.317 e. The van der Waals surface area contributed by atoms with Crippen LogP contribution in [0.2, 0.25) is 0 Å². The van der Waals surface area contributed by atoms with Gasteiger partial charge in [0, 0.05) is 6.54 Å². The molecule has 0 radical (unpaired) electrons. The molecule has 0 fully saturated rings. The first-order chi connectivity index (χ1) is 8.04. The zero-order valence-corrected chi connectivity index (χ0v) is 9.92. The molecule has 7 heteroatoms. The molecule has 1 heterocycles. The largest absolute Gasteiger partial charge is 0.347 e. The lowest BCUT2D eigenvalue weighted by Crippen LogP contribution is -2.29. The van der Waals surface area contributed by atoms with E-state index in [0.717, 1.165) is 19.3 Å². The Hall–Kier alpha value is -1.76. The Kier molecular flexibility index (Phi) is 4.77. The van der Waals surface area contributed by atoms with Crippen LogP contribution >= 0.6 is 0 Å². The molecule has 0 aliphatic heterocycles. The van der Waals surface area contributed by atoms with Crippen molar-refractivity contribution in [2.24, 2.45) is 5.92 Å². The number of hydrogen-bond acceptors (Lipinski definition) is 5. The Balaban J connectivity index is 2.79. The number of nitrogens with one attached hydrogen (secondary N) is 1. The van der Waals surface area contributed by atoms with Gasteiger partial charge < -0.3 is 5.32 Å². The van der Waals surface area contributed by atoms with E-state index in [2.05, 4.69) is 10.3 Å². The first kappa shape index (κ1) is 13.3. The fraction of sp³-hybridized carbons (Fsp3) is 0.600. The van der Waals surface area contributed by atoms with Crippen LogP contribution in [0.5, 0.6) is 0 Å². The highest BCUT2D eigenvalue weighted by Crippen LogP contribution is 2.06. The maximum atomic E-state index is 11.4. The van der Waals surface area contributed by atoms with Crippen molar-refractivity contribution in [2.45, 2.75) is 20.4 Å². The summed E-state index contributed by atoms with van der Waals surface area (Å²) in [5.41, 5.74) is -0.626. The summed E-state index contributed by atoms with van der Waals surface area (Å²) in [6.45, 7) is 5.99. The molecule has 0 aliphatic carbocycles. The van der Waals surface area contributed by atoms with Gasteiger partial charge in [0.15, 0.2) is 0 Å². The summed E-state index contributed by atoms with van der Waals surface area (Å²) in [5, 5.41) is 13.7. The zero-order chi connectivity index (χ0) is 12.8. The Morgan fingerprint density at radius 3 is 2.94 bits per heavy atom. The minimum absolute atomic E-state index is 0.166. The molecule has 0 aliphatic rings. The molecule has 1 rings (SSSR count). The predicted octanol–water partition coefficient (Wildman–Crippen LogP) is 0.397. The van der Waals surface area contributed by atoms with Crippen molar-refractivity contribution >= 4 is 5.69 Å². The van der Waals surface area contributed by atoms with Gasteiger partial charge in [0.2, 0.25) is 0 Å². The van der Waals surface area contributed by atoms with Crippen molar-refractivity contribution in [1.82, 2.24) is 14.9 Å². The van der Waals surface area contributed by atoms with Crippen LogP contribution in [-0.2, 0) is 6.54 Å². The van der Waals surface area contributed by atoms with E-state index in [0.29, 0.717) is 6.54 Å². The quantitative estimate of drug-likeness (QED) is 0.574. The van der Waals surface area contributed by atoms with E-state index in [1.807, 2.05) is 13.8 Å². The van der Waals surface area contributed by atoms with Crippen LogP contribution in [0, 0.1) is 16.0 Å². The second-order valence-electron chi connectivity index (χ2n) is 3.92. The van der Waals surface area contributed by atoms with Gasteiger partial charge in [-0.25, -0.2) is 4.79 Å². The number of hydrogen-bond donors (Lipinski definition) is 1. The van der Waals surface area contributed by atoms with Gasteiger partial charge in [0.1, 0.15) is 6.20 Å². The van der Waals surface area contributed by atoms with Crippen molar-refractivity contribution in [3.8, 4) is 0 Å². The second-order valence-corrected chi connectivity index (χ2v) is 3.92. The van der Waals surface area contributed by atoms with Crippen molar-refractivity contribution in [3.63, 3.8) is 0 Å². The molecular formula is C10H16N4O3. The highest BCUT2D eigenvalue weighted by Gasteiger charge is 2.11. The predicted molar refractivity (Wildman–Crippen MR) is 62.9 cm³/mol. The van der Waals surface area contributed by atoms with Crippen LogP contribution in [-0.4, -0.2) is 27.6 Å². The first-order valence-electron chi connectivity index (χ1n) is 5.46. The maximum Gasteiger partial charge on any atom is 0.347 e. The summed E-state index contributed by atoms with van der Waals surface area (Å²) in [6, 6.07) is 0. The average molecular weight is 240 g/mol. The molecule has 17 heavy (non-hydrogen) atoms. The molecule has 1 aromatic rings. The summed E-state index contributed by atoms with van der Waals surface area (Å²) in [7, 11) is 0. The molecule has 94 valence electrons. The molecule has 7 nitrogen and oxygen atoms in total. The van der Waals surface area contributed by atoms with Crippen LogP contribution in [0.3, 0.4) is 0 Å². The standard InChI is InChI=1S/C10H16N4O3/c1-3-11-4-8(2)6-13-7-9(14(16)17)5-12-10(13)15/h5,7-8,11H,3-4,6H2,1-2H3. The van der Waals surface area contributed by atoms with E-state index < -0.39 is 10.6 Å². The lowest BCUT2D eigenvalue weighted by molar-refractivity contribution is -0.385. The van der Waals surface area contributed by atoms with E-state index >= 15 is 0 Å². The Bertz CT molecular complexity index is 443. The van der Waals surface area contributed by atoms with Gasteiger partial charge in [-0.05, 0) is 19.0 Å². The molecule has 1 unspecified atom stereocenters. The van der Waals surface area contributed by atoms with Crippen LogP contribution in [0.4, 0.5) is 5.69 Å². The van der Waals surface area contributed by atoms with Gasteiger partial charge in [-0.3, -0.25) is 14.7 Å². The van der Waals surface area contributed by atoms with Crippen LogP contribution in [0.15, 0.2) is 17.2 Å². The van der Waals surface area contributed by atoms with E-state index in [-0.39, 0.29) is 11.6 Å². The molecule has 0 saturated carbocycles. The summed E-state index contributed by atoms with van der Waals surface area (Å²) in [6.07, 6.45) is 2.21. The number of nitro groups is 1. The lowest BCUT2D eigenvalue weighted by Gasteiger charge is -2.12. The maximum absolute atomic E-state index is 11.4. The molecule has 0 amide bonds. The third-order valence-corrected chi connectivity index (χ3v) is 2.30. The Labute approximate surface area is 98.6 Å². The van der Waals surface area contributed by atoms with Gasteiger partial charge >= 0.3 is 11.4 Å². The fourth-order valence-electron chi connectivity index (χ4n) is 1.46. The molecule has 0 bridgehead atoms. The first-order valence-corrected chi connectivity index (χ1v) is 5.46. The summed E-state index contributed by atoms with van der Waals surface area (Å²) in [5.74, 6) is 0.205. The second kappa shape index (κ2) is 6.09. The van der Waals surface area contributed by atoms with Crippen LogP contribution in [0.25, 0.3) is 0 Å². The molecule has 1 aromatic heterocycles. The van der Waals surface area contributed by atoms with Gasteiger partial charge in [-0.15, -0.1) is 0 Å². The van der Waals surface area contributed by atoms with Crippen molar-refractivity contribution in [3.05, 3.63) is 33.0 Å². The van der Waals surface area contributed by atoms with Gasteiger partial charge in [0.05, 0.1) is 11.1 Å². The van der Waals surface area contributed by atoms with E-state index in [9.17, 15) is 14.9 Å². The van der Waals surface area contributed by atoms with Crippen LogP contribution < -0.4 is 11.0 Å². The van der Waals surface area contributed by atoms with Crippen molar-refractivity contribution < 1.29 is 4.92 Å². The SMILES string of the molecule is CCNCC(C)Cn1cc([N+](=O)[O-])cnc1=O. The van der Waals surface area contributed by atoms with E-state index in [1.165, 1.54) is 10.8 Å². The lowest BCUT2D eigenvalue weighted by atomic mass is 10.2. The minimum atomic E-state index is -0.558. The van der Waals surface area contributed by atoms with Crippen LogP contribution in [0.1, 0.15) is 13.8 Å². The summed E-state index contributed by atoms with van der Waals surface area (Å²) < 4.78 is 1.28. The zero-order valence-electron chi connectivity index (χ0n) is 9.92. The van der Waals surface area contributed by atoms with Gasteiger partial charge in [-0.1, -0.05) is 13.8 Å². The highest BCUT2D eigenvalue weighted by molar-refractivity contribution is 5.20. The van der Waals surface area contributed by atoms with Gasteiger partial charge in [0.25, 0.3) is 0 Å². The summed E-state index contributed by atoms with van der Waals surface area (Å²) >= 11 is 0.